The Bertz CT molecular complexity index is 362. The minimum atomic E-state index is 0.512. The van der Waals surface area contributed by atoms with Crippen molar-refractivity contribution in [3.8, 4) is 0 Å². The van der Waals surface area contributed by atoms with E-state index in [1.54, 1.807) is 0 Å². The minimum Gasteiger partial charge on any atom is -0.355 e. The van der Waals surface area contributed by atoms with E-state index in [1.165, 1.54) is 12.1 Å². The van der Waals surface area contributed by atoms with Crippen molar-refractivity contribution >= 4 is 5.82 Å². The van der Waals surface area contributed by atoms with Crippen molar-refractivity contribution in [2.45, 2.75) is 46.0 Å². The molecule has 0 saturated carbocycles. The molecule has 1 aliphatic heterocycles. The number of fused-ring (bicyclic) bond motifs is 1. The van der Waals surface area contributed by atoms with Crippen LogP contribution in [0.3, 0.4) is 0 Å². The van der Waals surface area contributed by atoms with E-state index in [1.807, 2.05) is 6.20 Å². The second kappa shape index (κ2) is 4.81. The van der Waals surface area contributed by atoms with Crippen molar-refractivity contribution in [1.82, 2.24) is 9.97 Å². The normalized spacial score (nSPS) is 17.1. The highest BCUT2D eigenvalue weighted by Crippen LogP contribution is 2.25. The maximum atomic E-state index is 4.80. The van der Waals surface area contributed by atoms with E-state index in [9.17, 15) is 0 Å². The van der Waals surface area contributed by atoms with Gasteiger partial charge in [-0.15, -0.1) is 0 Å². The van der Waals surface area contributed by atoms with Gasteiger partial charge in [0.2, 0.25) is 0 Å². The number of aryl methyl sites for hydroxylation is 1. The number of aromatic nitrogens is 2. The molecule has 3 heteroatoms. The third kappa shape index (κ3) is 2.04. The molecule has 1 atom stereocenters. The molecule has 1 aromatic heterocycles. The lowest BCUT2D eigenvalue weighted by molar-refractivity contribution is 0.651. The fourth-order valence-corrected chi connectivity index (χ4v) is 2.14. The topological polar surface area (TPSA) is 29.0 Å². The molecule has 0 N–H and O–H groups in total. The van der Waals surface area contributed by atoms with Crippen LogP contribution in [-0.4, -0.2) is 23.1 Å². The minimum absolute atomic E-state index is 0.512. The van der Waals surface area contributed by atoms with E-state index >= 15 is 0 Å². The van der Waals surface area contributed by atoms with Crippen LogP contribution in [0.2, 0.25) is 0 Å². The van der Waals surface area contributed by atoms with E-state index in [0.29, 0.717) is 5.92 Å². The van der Waals surface area contributed by atoms with Crippen LogP contribution in [0.25, 0.3) is 0 Å². The van der Waals surface area contributed by atoms with Gasteiger partial charge in [0.15, 0.2) is 5.82 Å². The smallest absolute Gasteiger partial charge is 0.150 e. The molecule has 3 nitrogen and oxygen atoms in total. The van der Waals surface area contributed by atoms with E-state index < -0.39 is 0 Å². The molecular weight excluding hydrogens is 198 g/mol. The standard InChI is InChI=1S/C13H21N3/c1-4-10(3)12-9-14-11-7-6-8-16(5-2)13(11)15-12/h9-10H,4-8H2,1-3H3. The quantitative estimate of drug-likeness (QED) is 0.782. The van der Waals surface area contributed by atoms with Gasteiger partial charge in [0, 0.05) is 19.3 Å². The summed E-state index contributed by atoms with van der Waals surface area (Å²) < 4.78 is 0. The molecule has 0 radical (unpaired) electrons. The summed E-state index contributed by atoms with van der Waals surface area (Å²) in [6.45, 7) is 8.76. The number of rotatable bonds is 3. The van der Waals surface area contributed by atoms with E-state index in [4.69, 9.17) is 4.98 Å². The summed E-state index contributed by atoms with van der Waals surface area (Å²) in [5.41, 5.74) is 2.32. The molecule has 0 amide bonds. The Morgan fingerprint density at radius 1 is 1.44 bits per heavy atom. The van der Waals surface area contributed by atoms with Crippen LogP contribution >= 0.6 is 0 Å². The van der Waals surface area contributed by atoms with Crippen LogP contribution in [0.15, 0.2) is 6.20 Å². The zero-order chi connectivity index (χ0) is 11.5. The van der Waals surface area contributed by atoms with Crippen LogP contribution in [0.1, 0.15) is 50.9 Å². The van der Waals surface area contributed by atoms with Crippen LogP contribution in [0.4, 0.5) is 5.82 Å². The van der Waals surface area contributed by atoms with Crippen LogP contribution < -0.4 is 4.90 Å². The largest absolute Gasteiger partial charge is 0.355 e. The second-order valence-electron chi connectivity index (χ2n) is 4.56. The summed E-state index contributed by atoms with van der Waals surface area (Å²) >= 11 is 0. The van der Waals surface area contributed by atoms with Gasteiger partial charge < -0.3 is 4.90 Å². The summed E-state index contributed by atoms with van der Waals surface area (Å²) in [5, 5.41) is 0. The number of hydrogen-bond donors (Lipinski definition) is 0. The average molecular weight is 219 g/mol. The van der Waals surface area contributed by atoms with Gasteiger partial charge in [0.25, 0.3) is 0 Å². The summed E-state index contributed by atoms with van der Waals surface area (Å²) in [4.78, 5) is 11.7. The molecule has 0 bridgehead atoms. The highest BCUT2D eigenvalue weighted by atomic mass is 15.2. The third-order valence-electron chi connectivity index (χ3n) is 3.49. The van der Waals surface area contributed by atoms with Crippen molar-refractivity contribution < 1.29 is 0 Å². The predicted molar refractivity (Wildman–Crippen MR) is 66.9 cm³/mol. The van der Waals surface area contributed by atoms with Crippen LogP contribution in [0, 0.1) is 0 Å². The maximum absolute atomic E-state index is 4.80. The molecule has 16 heavy (non-hydrogen) atoms. The van der Waals surface area contributed by atoms with E-state index in [-0.39, 0.29) is 0 Å². The van der Waals surface area contributed by atoms with Crippen LogP contribution in [-0.2, 0) is 6.42 Å². The lowest BCUT2D eigenvalue weighted by atomic mass is 10.0. The van der Waals surface area contributed by atoms with Gasteiger partial charge in [0.1, 0.15) is 0 Å². The lowest BCUT2D eigenvalue weighted by Crippen LogP contribution is -2.31. The summed E-state index contributed by atoms with van der Waals surface area (Å²) in [5.74, 6) is 1.64. The molecule has 1 aliphatic rings. The molecule has 2 rings (SSSR count). The van der Waals surface area contributed by atoms with Gasteiger partial charge in [-0.1, -0.05) is 13.8 Å². The fourth-order valence-electron chi connectivity index (χ4n) is 2.14. The van der Waals surface area contributed by atoms with E-state index in [0.717, 1.165) is 37.4 Å². The molecule has 0 aromatic carbocycles. The lowest BCUT2D eigenvalue weighted by Gasteiger charge is -2.28. The van der Waals surface area contributed by atoms with Crippen molar-refractivity contribution in [1.29, 1.82) is 0 Å². The molecular formula is C13H21N3. The van der Waals surface area contributed by atoms with Crippen molar-refractivity contribution in [3.63, 3.8) is 0 Å². The zero-order valence-corrected chi connectivity index (χ0v) is 10.5. The Hall–Kier alpha value is -1.12. The second-order valence-corrected chi connectivity index (χ2v) is 4.56. The molecule has 88 valence electrons. The number of nitrogens with zero attached hydrogens (tertiary/aromatic N) is 3. The van der Waals surface area contributed by atoms with Crippen molar-refractivity contribution in [3.05, 3.63) is 17.6 Å². The Balaban J connectivity index is 2.34. The summed E-state index contributed by atoms with van der Waals surface area (Å²) in [7, 11) is 0. The predicted octanol–water partition coefficient (Wildman–Crippen LogP) is 2.76. The summed E-state index contributed by atoms with van der Waals surface area (Å²) in [6.07, 6.45) is 5.38. The molecule has 0 aliphatic carbocycles. The first kappa shape index (κ1) is 11.4. The molecule has 0 spiro atoms. The Morgan fingerprint density at radius 2 is 2.25 bits per heavy atom. The third-order valence-corrected chi connectivity index (χ3v) is 3.49. The van der Waals surface area contributed by atoms with Gasteiger partial charge >= 0.3 is 0 Å². The molecule has 0 fully saturated rings. The molecule has 0 saturated heterocycles. The molecule has 1 aromatic rings. The Labute approximate surface area is 97.9 Å². The van der Waals surface area contributed by atoms with Gasteiger partial charge in [-0.25, -0.2) is 4.98 Å². The Kier molecular flexibility index (Phi) is 3.42. The van der Waals surface area contributed by atoms with Gasteiger partial charge in [0.05, 0.1) is 11.4 Å². The number of hydrogen-bond acceptors (Lipinski definition) is 3. The average Bonchev–Trinajstić information content (AvgIpc) is 2.36. The van der Waals surface area contributed by atoms with Crippen molar-refractivity contribution in [2.75, 3.05) is 18.0 Å². The van der Waals surface area contributed by atoms with E-state index in [2.05, 4.69) is 30.7 Å². The first-order chi connectivity index (χ1) is 7.76. The molecule has 2 heterocycles. The van der Waals surface area contributed by atoms with Gasteiger partial charge in [-0.3, -0.25) is 4.98 Å². The van der Waals surface area contributed by atoms with Crippen molar-refractivity contribution in [2.24, 2.45) is 0 Å². The first-order valence-corrected chi connectivity index (χ1v) is 6.37. The highest BCUT2D eigenvalue weighted by Gasteiger charge is 2.19. The number of anilines is 1. The highest BCUT2D eigenvalue weighted by molar-refractivity contribution is 5.46. The van der Waals surface area contributed by atoms with Crippen LogP contribution in [0.5, 0.6) is 0 Å². The van der Waals surface area contributed by atoms with Gasteiger partial charge in [-0.05, 0) is 32.1 Å². The van der Waals surface area contributed by atoms with Gasteiger partial charge in [-0.2, -0.15) is 0 Å². The SMILES string of the molecule is CCC(C)c1cnc2c(n1)N(CC)CCC2. The maximum Gasteiger partial charge on any atom is 0.150 e. The fraction of sp³-hybridized carbons (Fsp3) is 0.692. The first-order valence-electron chi connectivity index (χ1n) is 6.37. The summed E-state index contributed by atoms with van der Waals surface area (Å²) in [6, 6.07) is 0. The Morgan fingerprint density at radius 3 is 2.94 bits per heavy atom. The molecule has 1 unspecified atom stereocenters. The zero-order valence-electron chi connectivity index (χ0n) is 10.5. The monoisotopic (exact) mass is 219 g/mol.